The molecule has 2 nitrogen and oxygen atoms in total. The molecule has 0 atom stereocenters. The van der Waals surface area contributed by atoms with Crippen LogP contribution >= 0.6 is 25.0 Å². The summed E-state index contributed by atoms with van der Waals surface area (Å²) in [5.41, 5.74) is 8.96. The average Bonchev–Trinajstić information content (AvgIpc) is 2.46. The molecule has 2 aromatic carbocycles. The minimum Gasteiger partial charge on any atom is -0.399 e. The van der Waals surface area contributed by atoms with Crippen molar-refractivity contribution in [3.63, 3.8) is 0 Å². The van der Waals surface area contributed by atoms with Crippen LogP contribution in [0.1, 0.15) is 26.2 Å². The van der Waals surface area contributed by atoms with Gasteiger partial charge in [0.15, 0.2) is 0 Å². The Labute approximate surface area is 139 Å². The van der Waals surface area contributed by atoms with Gasteiger partial charge >= 0.3 is 0 Å². The van der Waals surface area contributed by atoms with E-state index in [1.807, 2.05) is 24.3 Å². The summed E-state index contributed by atoms with van der Waals surface area (Å²) in [4.78, 5) is 3.32. The lowest BCUT2D eigenvalue weighted by Crippen LogP contribution is -2.18. The van der Waals surface area contributed by atoms with E-state index in [1.165, 1.54) is 30.6 Å². The Morgan fingerprint density at radius 2 is 1.43 bits per heavy atom. The van der Waals surface area contributed by atoms with Gasteiger partial charge in [0.1, 0.15) is 0 Å². The second-order valence-corrected chi connectivity index (χ2v) is 5.48. The largest absolute Gasteiger partial charge is 0.399 e. The summed E-state index contributed by atoms with van der Waals surface area (Å²) >= 11 is 4.35. The standard InChI is InChI=1S/C17H22N2S.ClH/c1-2-3-4-13-19(15-7-5-14(18)6-8-15)16-9-11-17(20)12-10-16;/h5-12,20H,2-4,13,18H2,1H3;1H. The van der Waals surface area contributed by atoms with Crippen molar-refractivity contribution in [3.8, 4) is 0 Å². The Morgan fingerprint density at radius 1 is 0.905 bits per heavy atom. The Balaban J connectivity index is 0.00000220. The number of hydrogen-bond donors (Lipinski definition) is 2. The lowest BCUT2D eigenvalue weighted by molar-refractivity contribution is 0.716. The lowest BCUT2D eigenvalue weighted by atomic mass is 10.2. The molecule has 2 aromatic rings. The van der Waals surface area contributed by atoms with E-state index >= 15 is 0 Å². The van der Waals surface area contributed by atoms with Crippen LogP contribution in [0, 0.1) is 0 Å². The number of rotatable bonds is 6. The lowest BCUT2D eigenvalue weighted by Gasteiger charge is -2.25. The first-order chi connectivity index (χ1) is 9.70. The van der Waals surface area contributed by atoms with Gasteiger partial charge in [0.05, 0.1) is 0 Å². The average molecular weight is 323 g/mol. The van der Waals surface area contributed by atoms with E-state index in [0.717, 1.165) is 17.1 Å². The van der Waals surface area contributed by atoms with Crippen LogP contribution in [0.4, 0.5) is 17.1 Å². The molecule has 0 saturated carbocycles. The topological polar surface area (TPSA) is 29.3 Å². The molecule has 21 heavy (non-hydrogen) atoms. The highest BCUT2D eigenvalue weighted by atomic mass is 35.5. The minimum absolute atomic E-state index is 0. The third-order valence-corrected chi connectivity index (χ3v) is 3.65. The van der Waals surface area contributed by atoms with E-state index in [9.17, 15) is 0 Å². The molecule has 0 aliphatic rings. The van der Waals surface area contributed by atoms with Gasteiger partial charge in [0, 0.05) is 28.5 Å². The fourth-order valence-electron chi connectivity index (χ4n) is 2.21. The summed E-state index contributed by atoms with van der Waals surface area (Å²) in [6, 6.07) is 16.4. The fourth-order valence-corrected chi connectivity index (χ4v) is 2.36. The Morgan fingerprint density at radius 3 is 1.95 bits per heavy atom. The molecule has 0 saturated heterocycles. The van der Waals surface area contributed by atoms with Gasteiger partial charge in [0.25, 0.3) is 0 Å². The van der Waals surface area contributed by atoms with Crippen LogP contribution in [0.5, 0.6) is 0 Å². The van der Waals surface area contributed by atoms with E-state index in [-0.39, 0.29) is 12.4 Å². The van der Waals surface area contributed by atoms with Crippen LogP contribution < -0.4 is 10.6 Å². The molecule has 0 radical (unpaired) electrons. The predicted octanol–water partition coefficient (Wildman–Crippen LogP) is 5.31. The number of benzene rings is 2. The molecule has 0 fully saturated rings. The van der Waals surface area contributed by atoms with E-state index in [1.54, 1.807) is 0 Å². The van der Waals surface area contributed by atoms with Crippen LogP contribution in [0.15, 0.2) is 53.4 Å². The van der Waals surface area contributed by atoms with Gasteiger partial charge in [-0.1, -0.05) is 19.8 Å². The van der Waals surface area contributed by atoms with Crippen molar-refractivity contribution < 1.29 is 0 Å². The summed E-state index contributed by atoms with van der Waals surface area (Å²) < 4.78 is 0. The number of unbranched alkanes of at least 4 members (excludes halogenated alkanes) is 2. The van der Waals surface area contributed by atoms with Gasteiger partial charge in [-0.3, -0.25) is 0 Å². The number of nitrogens with zero attached hydrogens (tertiary/aromatic N) is 1. The van der Waals surface area contributed by atoms with E-state index in [4.69, 9.17) is 5.73 Å². The molecule has 0 unspecified atom stereocenters. The quantitative estimate of drug-likeness (QED) is 0.429. The van der Waals surface area contributed by atoms with Gasteiger partial charge in [-0.15, -0.1) is 25.0 Å². The molecule has 0 amide bonds. The van der Waals surface area contributed by atoms with Crippen molar-refractivity contribution in [2.24, 2.45) is 0 Å². The Kier molecular flexibility index (Phi) is 7.48. The maximum Gasteiger partial charge on any atom is 0.0412 e. The highest BCUT2D eigenvalue weighted by molar-refractivity contribution is 7.80. The number of hydrogen-bond acceptors (Lipinski definition) is 3. The van der Waals surface area contributed by atoms with Gasteiger partial charge in [-0.2, -0.15) is 0 Å². The molecule has 0 aliphatic carbocycles. The number of nitrogens with two attached hydrogens (primary N) is 1. The molecule has 2 N–H and O–H groups in total. The number of halogens is 1. The summed E-state index contributed by atoms with van der Waals surface area (Å²) in [6.45, 7) is 3.24. The predicted molar refractivity (Wildman–Crippen MR) is 98.3 cm³/mol. The minimum atomic E-state index is 0. The van der Waals surface area contributed by atoms with E-state index in [2.05, 4.69) is 48.7 Å². The maximum absolute atomic E-state index is 5.78. The summed E-state index contributed by atoms with van der Waals surface area (Å²) in [5, 5.41) is 0. The molecule has 4 heteroatoms. The smallest absolute Gasteiger partial charge is 0.0412 e. The molecule has 2 rings (SSSR count). The van der Waals surface area contributed by atoms with Crippen molar-refractivity contribution in [3.05, 3.63) is 48.5 Å². The van der Waals surface area contributed by atoms with Crippen molar-refractivity contribution in [1.29, 1.82) is 0 Å². The van der Waals surface area contributed by atoms with Crippen LogP contribution in [-0.2, 0) is 0 Å². The zero-order valence-corrected chi connectivity index (χ0v) is 14.0. The summed E-state index contributed by atoms with van der Waals surface area (Å²) in [5.74, 6) is 0. The Bertz CT molecular complexity index is 480. The van der Waals surface area contributed by atoms with Gasteiger partial charge in [-0.25, -0.2) is 0 Å². The van der Waals surface area contributed by atoms with Crippen molar-refractivity contribution in [2.45, 2.75) is 31.1 Å². The first-order valence-corrected chi connectivity index (χ1v) is 7.57. The van der Waals surface area contributed by atoms with E-state index in [0.29, 0.717) is 0 Å². The zero-order valence-electron chi connectivity index (χ0n) is 12.3. The molecule has 0 aliphatic heterocycles. The first-order valence-electron chi connectivity index (χ1n) is 7.13. The van der Waals surface area contributed by atoms with Crippen molar-refractivity contribution in [1.82, 2.24) is 0 Å². The first kappa shape index (κ1) is 17.7. The fraction of sp³-hybridized carbons (Fsp3) is 0.294. The summed E-state index contributed by atoms with van der Waals surface area (Å²) in [6.07, 6.45) is 3.66. The molecule has 114 valence electrons. The van der Waals surface area contributed by atoms with Crippen LogP contribution in [0.2, 0.25) is 0 Å². The molecule has 0 spiro atoms. The number of anilines is 3. The normalized spacial score (nSPS) is 10.0. The summed E-state index contributed by atoms with van der Waals surface area (Å²) in [7, 11) is 0. The number of thiol groups is 1. The number of nitrogen functional groups attached to an aromatic ring is 1. The molecular formula is C17H23ClN2S. The van der Waals surface area contributed by atoms with Gasteiger partial charge in [0.2, 0.25) is 0 Å². The second-order valence-electron chi connectivity index (χ2n) is 4.97. The van der Waals surface area contributed by atoms with Crippen LogP contribution in [-0.4, -0.2) is 6.54 Å². The molecule has 0 heterocycles. The molecule has 0 bridgehead atoms. The maximum atomic E-state index is 5.78. The van der Waals surface area contributed by atoms with Crippen LogP contribution in [0.3, 0.4) is 0 Å². The highest BCUT2D eigenvalue weighted by Gasteiger charge is 2.08. The van der Waals surface area contributed by atoms with Gasteiger partial charge in [-0.05, 0) is 55.0 Å². The third kappa shape index (κ3) is 5.18. The van der Waals surface area contributed by atoms with Crippen molar-refractivity contribution >= 4 is 42.1 Å². The van der Waals surface area contributed by atoms with Crippen LogP contribution in [0.25, 0.3) is 0 Å². The highest BCUT2D eigenvalue weighted by Crippen LogP contribution is 2.27. The third-order valence-electron chi connectivity index (χ3n) is 3.35. The molecular weight excluding hydrogens is 300 g/mol. The second kappa shape index (κ2) is 8.85. The molecule has 0 aromatic heterocycles. The Hall–Kier alpha value is -1.32. The van der Waals surface area contributed by atoms with Gasteiger partial charge < -0.3 is 10.6 Å². The zero-order chi connectivity index (χ0) is 14.4. The van der Waals surface area contributed by atoms with Crippen molar-refractivity contribution in [2.75, 3.05) is 17.2 Å². The van der Waals surface area contributed by atoms with E-state index < -0.39 is 0 Å². The SMILES string of the molecule is CCCCCN(c1ccc(N)cc1)c1ccc(S)cc1.Cl. The monoisotopic (exact) mass is 322 g/mol.